The summed E-state index contributed by atoms with van der Waals surface area (Å²) in [7, 11) is 0. The first-order valence-electron chi connectivity index (χ1n) is 5.16. The van der Waals surface area contributed by atoms with Crippen LogP contribution in [0, 0.1) is 0 Å². The van der Waals surface area contributed by atoms with Crippen LogP contribution in [0.3, 0.4) is 0 Å². The third kappa shape index (κ3) is 2.95. The second-order valence-electron chi connectivity index (χ2n) is 4.78. The molecular formula is C10H17N3O3. The molecule has 0 bridgehead atoms. The van der Waals surface area contributed by atoms with Crippen LogP contribution in [0.25, 0.3) is 0 Å². The van der Waals surface area contributed by atoms with Gasteiger partial charge >= 0.3 is 0 Å². The van der Waals surface area contributed by atoms with Crippen molar-refractivity contribution in [1.82, 2.24) is 15.5 Å². The van der Waals surface area contributed by atoms with Crippen LogP contribution in [0.15, 0.2) is 0 Å². The highest BCUT2D eigenvalue weighted by atomic mass is 16.2. The Kier molecular flexibility index (Phi) is 3.51. The van der Waals surface area contributed by atoms with Gasteiger partial charge in [0.25, 0.3) is 11.8 Å². The quantitative estimate of drug-likeness (QED) is 0.462. The fraction of sp³-hybridized carbons (Fsp3) is 0.700. The standard InChI is InChI=1S/C10H17N3O3/c1-10(2,3)12-9(16)7-8(15)11-4-5-13(7)6-14/h6-7H,4-5H2,1-3H3,(H,11,15)(H,12,16). The van der Waals surface area contributed by atoms with Gasteiger partial charge < -0.3 is 15.5 Å². The summed E-state index contributed by atoms with van der Waals surface area (Å²) in [4.78, 5) is 35.3. The minimum absolute atomic E-state index is 0.359. The van der Waals surface area contributed by atoms with Gasteiger partial charge in [-0.25, -0.2) is 0 Å². The SMILES string of the molecule is CC(C)(C)NC(=O)C1C(=O)NCCN1C=O. The normalized spacial score (nSPS) is 21.3. The van der Waals surface area contributed by atoms with Crippen LogP contribution >= 0.6 is 0 Å². The van der Waals surface area contributed by atoms with E-state index in [0.717, 1.165) is 0 Å². The maximum Gasteiger partial charge on any atom is 0.253 e. The summed E-state index contributed by atoms with van der Waals surface area (Å²) in [5.74, 6) is -0.878. The van der Waals surface area contributed by atoms with E-state index in [1.54, 1.807) is 0 Å². The lowest BCUT2D eigenvalue weighted by molar-refractivity contribution is -0.145. The van der Waals surface area contributed by atoms with E-state index in [1.807, 2.05) is 20.8 Å². The minimum atomic E-state index is -1.05. The second kappa shape index (κ2) is 4.51. The molecule has 1 atom stereocenters. The van der Waals surface area contributed by atoms with E-state index in [0.29, 0.717) is 19.5 Å². The molecule has 0 saturated carbocycles. The molecule has 1 aliphatic heterocycles. The van der Waals surface area contributed by atoms with Crippen LogP contribution in [-0.2, 0) is 14.4 Å². The number of hydrogen-bond donors (Lipinski definition) is 2. The van der Waals surface area contributed by atoms with E-state index in [1.165, 1.54) is 4.90 Å². The number of carbonyl (C=O) groups excluding carboxylic acids is 3. The smallest absolute Gasteiger partial charge is 0.253 e. The molecule has 1 saturated heterocycles. The van der Waals surface area contributed by atoms with E-state index >= 15 is 0 Å². The maximum atomic E-state index is 11.8. The highest BCUT2D eigenvalue weighted by molar-refractivity contribution is 6.06. The summed E-state index contributed by atoms with van der Waals surface area (Å²) < 4.78 is 0. The minimum Gasteiger partial charge on any atom is -0.352 e. The molecule has 3 amide bonds. The predicted octanol–water partition coefficient (Wildman–Crippen LogP) is -1.14. The second-order valence-corrected chi connectivity index (χ2v) is 4.78. The number of carbonyl (C=O) groups is 3. The predicted molar refractivity (Wildman–Crippen MR) is 57.5 cm³/mol. The first kappa shape index (κ1) is 12.5. The summed E-state index contributed by atoms with van der Waals surface area (Å²) in [6.07, 6.45) is 0.533. The molecule has 0 radical (unpaired) electrons. The molecule has 0 aromatic heterocycles. The zero-order valence-corrected chi connectivity index (χ0v) is 9.74. The van der Waals surface area contributed by atoms with Crippen molar-refractivity contribution in [1.29, 1.82) is 0 Å². The molecular weight excluding hydrogens is 210 g/mol. The van der Waals surface area contributed by atoms with Gasteiger partial charge in [0.15, 0.2) is 6.04 Å². The summed E-state index contributed by atoms with van der Waals surface area (Å²) in [5, 5.41) is 5.25. The number of hydrogen-bond acceptors (Lipinski definition) is 3. The first-order valence-corrected chi connectivity index (χ1v) is 5.16. The average molecular weight is 227 g/mol. The average Bonchev–Trinajstić information content (AvgIpc) is 2.14. The van der Waals surface area contributed by atoms with Crippen molar-refractivity contribution in [3.63, 3.8) is 0 Å². The van der Waals surface area contributed by atoms with Crippen LogP contribution in [0.1, 0.15) is 20.8 Å². The molecule has 6 heteroatoms. The monoisotopic (exact) mass is 227 g/mol. The van der Waals surface area contributed by atoms with Gasteiger partial charge in [-0.05, 0) is 20.8 Å². The zero-order chi connectivity index (χ0) is 12.3. The van der Waals surface area contributed by atoms with Gasteiger partial charge in [0.2, 0.25) is 6.41 Å². The number of amides is 3. The van der Waals surface area contributed by atoms with Gasteiger partial charge in [0, 0.05) is 18.6 Å². The topological polar surface area (TPSA) is 78.5 Å². The maximum absolute atomic E-state index is 11.8. The van der Waals surface area contributed by atoms with Crippen LogP contribution in [-0.4, -0.2) is 47.8 Å². The Morgan fingerprint density at radius 1 is 1.56 bits per heavy atom. The molecule has 90 valence electrons. The molecule has 0 aromatic rings. The van der Waals surface area contributed by atoms with Gasteiger partial charge in [0.05, 0.1) is 0 Å². The molecule has 0 aliphatic carbocycles. The van der Waals surface area contributed by atoms with Gasteiger partial charge in [-0.15, -0.1) is 0 Å². The molecule has 0 aromatic carbocycles. The van der Waals surface area contributed by atoms with E-state index in [-0.39, 0.29) is 0 Å². The van der Waals surface area contributed by atoms with Crippen molar-refractivity contribution < 1.29 is 14.4 Å². The van der Waals surface area contributed by atoms with Crippen molar-refractivity contribution in [3.8, 4) is 0 Å². The molecule has 1 unspecified atom stereocenters. The molecule has 2 N–H and O–H groups in total. The molecule has 1 fully saturated rings. The third-order valence-electron chi connectivity index (χ3n) is 2.13. The van der Waals surface area contributed by atoms with Crippen LogP contribution < -0.4 is 10.6 Å². The van der Waals surface area contributed by atoms with Crippen molar-refractivity contribution in [2.45, 2.75) is 32.4 Å². The van der Waals surface area contributed by atoms with Crippen LogP contribution in [0.4, 0.5) is 0 Å². The Hall–Kier alpha value is -1.59. The Bertz CT molecular complexity index is 309. The summed E-state index contributed by atoms with van der Waals surface area (Å²) >= 11 is 0. The number of rotatable bonds is 2. The summed E-state index contributed by atoms with van der Waals surface area (Å²) in [6, 6.07) is -1.05. The van der Waals surface area contributed by atoms with E-state index in [4.69, 9.17) is 0 Å². The number of piperazine rings is 1. The largest absolute Gasteiger partial charge is 0.352 e. The highest BCUT2D eigenvalue weighted by Crippen LogP contribution is 2.06. The Morgan fingerprint density at radius 3 is 2.69 bits per heavy atom. The van der Waals surface area contributed by atoms with Crippen molar-refractivity contribution in [3.05, 3.63) is 0 Å². The van der Waals surface area contributed by atoms with Crippen LogP contribution in [0.5, 0.6) is 0 Å². The molecule has 1 heterocycles. The molecule has 6 nitrogen and oxygen atoms in total. The zero-order valence-electron chi connectivity index (χ0n) is 9.74. The molecule has 16 heavy (non-hydrogen) atoms. The number of nitrogens with zero attached hydrogens (tertiary/aromatic N) is 1. The molecule has 0 spiro atoms. The Balaban J connectivity index is 2.77. The summed E-state index contributed by atoms with van der Waals surface area (Å²) in [6.45, 7) is 6.19. The van der Waals surface area contributed by atoms with E-state index < -0.39 is 23.4 Å². The van der Waals surface area contributed by atoms with Crippen LogP contribution in [0.2, 0.25) is 0 Å². The number of nitrogens with one attached hydrogen (secondary N) is 2. The van der Waals surface area contributed by atoms with Gasteiger partial charge in [-0.2, -0.15) is 0 Å². The first-order chi connectivity index (χ1) is 7.35. The highest BCUT2D eigenvalue weighted by Gasteiger charge is 2.36. The van der Waals surface area contributed by atoms with Gasteiger partial charge in [-0.1, -0.05) is 0 Å². The van der Waals surface area contributed by atoms with Gasteiger partial charge in [-0.3, -0.25) is 14.4 Å². The third-order valence-corrected chi connectivity index (χ3v) is 2.13. The van der Waals surface area contributed by atoms with Gasteiger partial charge in [0.1, 0.15) is 0 Å². The van der Waals surface area contributed by atoms with Crippen molar-refractivity contribution in [2.24, 2.45) is 0 Å². The van der Waals surface area contributed by atoms with Crippen molar-refractivity contribution >= 4 is 18.2 Å². The summed E-state index contributed by atoms with van der Waals surface area (Å²) in [5.41, 5.74) is -0.427. The lowest BCUT2D eigenvalue weighted by Crippen LogP contribution is -2.62. The fourth-order valence-electron chi connectivity index (χ4n) is 1.51. The van der Waals surface area contributed by atoms with E-state index in [9.17, 15) is 14.4 Å². The molecule has 1 aliphatic rings. The Morgan fingerprint density at radius 2 is 2.19 bits per heavy atom. The van der Waals surface area contributed by atoms with E-state index in [2.05, 4.69) is 10.6 Å². The van der Waals surface area contributed by atoms with Crippen molar-refractivity contribution in [2.75, 3.05) is 13.1 Å². The fourth-order valence-corrected chi connectivity index (χ4v) is 1.51. The lowest BCUT2D eigenvalue weighted by Gasteiger charge is -2.33. The lowest BCUT2D eigenvalue weighted by atomic mass is 10.1. The molecule has 1 rings (SSSR count). The Labute approximate surface area is 94.4 Å².